The summed E-state index contributed by atoms with van der Waals surface area (Å²) in [4.78, 5) is 12.7. The van der Waals surface area contributed by atoms with Crippen molar-refractivity contribution in [2.75, 3.05) is 12.4 Å². The van der Waals surface area contributed by atoms with Gasteiger partial charge in [0.05, 0.1) is 30.0 Å². The fourth-order valence-electron chi connectivity index (χ4n) is 4.88. The van der Waals surface area contributed by atoms with E-state index in [-0.39, 0.29) is 11.7 Å². The van der Waals surface area contributed by atoms with Crippen LogP contribution in [-0.2, 0) is 0 Å². The zero-order valence-electron chi connectivity index (χ0n) is 18.4. The van der Waals surface area contributed by atoms with E-state index in [1.807, 2.05) is 16.9 Å². The largest absolute Gasteiger partial charge is 0.618 e. The van der Waals surface area contributed by atoms with E-state index in [1.54, 1.807) is 25.1 Å². The second-order valence-corrected chi connectivity index (χ2v) is 9.13. The fourth-order valence-corrected chi connectivity index (χ4v) is 4.88. The number of rotatable bonds is 5. The van der Waals surface area contributed by atoms with Crippen molar-refractivity contribution >= 4 is 22.5 Å². The molecule has 5 rings (SSSR count). The number of fused-ring (bicyclic) bond motifs is 1. The Hall–Kier alpha value is -3.13. The molecule has 2 saturated carbocycles. The third-order valence-electron chi connectivity index (χ3n) is 6.99. The quantitative estimate of drug-likeness (QED) is 0.471. The van der Waals surface area contributed by atoms with Gasteiger partial charge in [-0.1, -0.05) is 0 Å². The number of carbonyl (C=O) groups is 1. The number of aromatic nitrogens is 3. The van der Waals surface area contributed by atoms with Crippen molar-refractivity contribution in [3.63, 3.8) is 0 Å². The standard InChI is InChI=1S/C24H28N4O4/c1-15-4-3-5-21(28(15)31)23(29)25-20-12-16-14-27(26-19(16)13-22(20)32-2)18-8-10-24(30,11-9-18)17-6-7-17/h3-5,12-14,17-18,30H,6-11H2,1-2H3,(H,25,29). The molecule has 3 aromatic rings. The SMILES string of the molecule is COc1cc2nn(C3CCC(O)(C4CC4)CC3)cc2cc1NC(=O)c1cccc(C)[n+]1[O-]. The predicted molar refractivity (Wildman–Crippen MR) is 120 cm³/mol. The molecule has 0 spiro atoms. The van der Waals surface area contributed by atoms with Crippen LogP contribution in [0.1, 0.15) is 60.7 Å². The summed E-state index contributed by atoms with van der Waals surface area (Å²) in [5.41, 5.74) is 1.24. The summed E-state index contributed by atoms with van der Waals surface area (Å²) in [5.74, 6) is 0.463. The van der Waals surface area contributed by atoms with Crippen molar-refractivity contribution in [1.82, 2.24) is 9.78 Å². The monoisotopic (exact) mass is 436 g/mol. The van der Waals surface area contributed by atoms with E-state index in [1.165, 1.54) is 13.2 Å². The average molecular weight is 437 g/mol. The number of carbonyl (C=O) groups excluding carboxylic acids is 1. The molecule has 1 amide bonds. The number of ether oxygens (including phenoxy) is 1. The normalized spacial score (nSPS) is 23.3. The smallest absolute Gasteiger partial charge is 0.321 e. The van der Waals surface area contributed by atoms with Crippen LogP contribution in [0.2, 0.25) is 0 Å². The van der Waals surface area contributed by atoms with E-state index >= 15 is 0 Å². The number of anilines is 1. The minimum atomic E-state index is -0.500. The second kappa shape index (κ2) is 7.78. The van der Waals surface area contributed by atoms with Gasteiger partial charge in [-0.05, 0) is 56.6 Å². The summed E-state index contributed by atoms with van der Waals surface area (Å²) in [6, 6.07) is 8.69. The third-order valence-corrected chi connectivity index (χ3v) is 6.99. The number of aryl methyl sites for hydroxylation is 1. The molecule has 0 bridgehead atoms. The molecular weight excluding hydrogens is 408 g/mol. The lowest BCUT2D eigenvalue weighted by Crippen LogP contribution is -2.39. The predicted octanol–water partition coefficient (Wildman–Crippen LogP) is 3.50. The van der Waals surface area contributed by atoms with E-state index < -0.39 is 11.5 Å². The third kappa shape index (κ3) is 3.68. The lowest BCUT2D eigenvalue weighted by Gasteiger charge is -2.36. The topological polar surface area (TPSA) is 103 Å². The van der Waals surface area contributed by atoms with Gasteiger partial charge in [0.1, 0.15) is 5.75 Å². The van der Waals surface area contributed by atoms with Gasteiger partial charge >= 0.3 is 5.91 Å². The molecule has 32 heavy (non-hydrogen) atoms. The molecule has 0 radical (unpaired) electrons. The van der Waals surface area contributed by atoms with E-state index in [0.717, 1.165) is 49.4 Å². The number of methoxy groups -OCH3 is 1. The lowest BCUT2D eigenvalue weighted by atomic mass is 9.79. The van der Waals surface area contributed by atoms with Gasteiger partial charge in [0.2, 0.25) is 0 Å². The first-order chi connectivity index (χ1) is 15.4. The van der Waals surface area contributed by atoms with Crippen molar-refractivity contribution in [2.24, 2.45) is 5.92 Å². The second-order valence-electron chi connectivity index (χ2n) is 9.13. The number of hydrogen-bond acceptors (Lipinski definition) is 5. The van der Waals surface area contributed by atoms with Crippen molar-refractivity contribution < 1.29 is 19.4 Å². The van der Waals surface area contributed by atoms with Gasteiger partial charge in [-0.2, -0.15) is 9.83 Å². The number of amides is 1. The molecule has 0 atom stereocenters. The first-order valence-electron chi connectivity index (χ1n) is 11.2. The molecule has 2 aliphatic rings. The van der Waals surface area contributed by atoms with Crippen LogP contribution in [0.4, 0.5) is 5.69 Å². The molecular formula is C24H28N4O4. The number of nitrogens with one attached hydrogen (secondary N) is 1. The van der Waals surface area contributed by atoms with Crippen LogP contribution in [-0.4, -0.2) is 33.5 Å². The fraction of sp³-hybridized carbons (Fsp3) is 0.458. The summed E-state index contributed by atoms with van der Waals surface area (Å²) in [6.45, 7) is 1.65. The highest BCUT2D eigenvalue weighted by Crippen LogP contribution is 2.49. The highest BCUT2D eigenvalue weighted by molar-refractivity contribution is 6.04. The highest BCUT2D eigenvalue weighted by atomic mass is 16.5. The molecule has 2 aromatic heterocycles. The number of hydrogen-bond donors (Lipinski definition) is 2. The molecule has 1 aromatic carbocycles. The van der Waals surface area contributed by atoms with Gasteiger partial charge in [0, 0.05) is 36.7 Å². The van der Waals surface area contributed by atoms with Crippen LogP contribution < -0.4 is 14.8 Å². The minimum Gasteiger partial charge on any atom is -0.618 e. The summed E-state index contributed by atoms with van der Waals surface area (Å²) >= 11 is 0. The van der Waals surface area contributed by atoms with E-state index in [4.69, 9.17) is 9.84 Å². The minimum absolute atomic E-state index is 0.0215. The molecule has 8 heteroatoms. The van der Waals surface area contributed by atoms with Gasteiger partial charge in [-0.3, -0.25) is 9.48 Å². The van der Waals surface area contributed by atoms with Crippen LogP contribution in [0, 0.1) is 18.0 Å². The number of aliphatic hydroxyl groups is 1. The van der Waals surface area contributed by atoms with E-state index in [2.05, 4.69) is 5.32 Å². The Balaban J connectivity index is 1.39. The van der Waals surface area contributed by atoms with Crippen LogP contribution in [0.5, 0.6) is 5.75 Å². The zero-order valence-corrected chi connectivity index (χ0v) is 18.4. The summed E-state index contributed by atoms with van der Waals surface area (Å²) in [6.07, 6.45) is 7.71. The number of benzene rings is 1. The first kappa shape index (κ1) is 20.8. The lowest BCUT2D eigenvalue weighted by molar-refractivity contribution is -0.614. The summed E-state index contributed by atoms with van der Waals surface area (Å²) < 4.78 is 8.07. The first-order valence-corrected chi connectivity index (χ1v) is 11.2. The van der Waals surface area contributed by atoms with E-state index in [0.29, 0.717) is 27.8 Å². The van der Waals surface area contributed by atoms with Gasteiger partial charge in [0.25, 0.3) is 5.69 Å². The van der Waals surface area contributed by atoms with Crippen LogP contribution >= 0.6 is 0 Å². The Labute approximate surface area is 186 Å². The Morgan fingerprint density at radius 1 is 1.28 bits per heavy atom. The Morgan fingerprint density at radius 3 is 2.72 bits per heavy atom. The maximum Gasteiger partial charge on any atom is 0.321 e. The molecule has 2 heterocycles. The van der Waals surface area contributed by atoms with Crippen molar-refractivity contribution in [2.45, 2.75) is 57.1 Å². The van der Waals surface area contributed by atoms with Crippen LogP contribution in [0.15, 0.2) is 36.5 Å². The molecule has 2 N–H and O–H groups in total. The zero-order chi connectivity index (χ0) is 22.5. The van der Waals surface area contributed by atoms with E-state index in [9.17, 15) is 15.1 Å². The molecule has 0 unspecified atom stereocenters. The van der Waals surface area contributed by atoms with Gasteiger partial charge in [-0.15, -0.1) is 0 Å². The van der Waals surface area contributed by atoms with Crippen LogP contribution in [0.3, 0.4) is 0 Å². The van der Waals surface area contributed by atoms with Gasteiger partial charge in [-0.25, -0.2) is 0 Å². The maximum absolute atomic E-state index is 12.7. The molecule has 2 aliphatic carbocycles. The Morgan fingerprint density at radius 2 is 2.03 bits per heavy atom. The molecule has 168 valence electrons. The van der Waals surface area contributed by atoms with Gasteiger partial charge < -0.3 is 20.4 Å². The molecule has 8 nitrogen and oxygen atoms in total. The summed E-state index contributed by atoms with van der Waals surface area (Å²) in [5, 5.41) is 31.5. The Kier molecular flexibility index (Phi) is 5.04. The molecule has 0 aliphatic heterocycles. The van der Waals surface area contributed by atoms with Crippen molar-refractivity contribution in [3.05, 3.63) is 53.1 Å². The Bertz CT molecular complexity index is 1180. The number of pyridine rings is 1. The average Bonchev–Trinajstić information content (AvgIpc) is 3.57. The maximum atomic E-state index is 12.7. The van der Waals surface area contributed by atoms with Crippen molar-refractivity contribution in [1.29, 1.82) is 0 Å². The highest BCUT2D eigenvalue weighted by Gasteiger charge is 2.45. The van der Waals surface area contributed by atoms with Crippen molar-refractivity contribution in [3.8, 4) is 5.75 Å². The van der Waals surface area contributed by atoms with Crippen LogP contribution in [0.25, 0.3) is 10.9 Å². The molecule has 0 saturated heterocycles. The molecule has 2 fully saturated rings. The summed E-state index contributed by atoms with van der Waals surface area (Å²) in [7, 11) is 1.54. The van der Waals surface area contributed by atoms with Gasteiger partial charge in [0.15, 0.2) is 5.69 Å². The number of nitrogens with zero attached hydrogens (tertiary/aromatic N) is 3.